The topological polar surface area (TPSA) is 85.6 Å². The molecule has 0 aliphatic carbocycles. The Kier molecular flexibility index (Phi) is 3.36. The van der Waals surface area contributed by atoms with Gasteiger partial charge < -0.3 is 11.1 Å². The summed E-state index contributed by atoms with van der Waals surface area (Å²) in [5.74, 6) is 0. The second kappa shape index (κ2) is 5.12. The van der Waals surface area contributed by atoms with Crippen LogP contribution in [0.2, 0.25) is 0 Å². The molecular weight excluding hydrogens is 236 g/mol. The highest BCUT2D eigenvalue weighted by molar-refractivity contribution is 5.76. The zero-order valence-electron chi connectivity index (χ0n) is 10.4. The Labute approximate surface area is 111 Å². The molecule has 0 spiro atoms. The second-order valence-electron chi connectivity index (χ2n) is 4.15. The highest BCUT2D eigenvalue weighted by atomic mass is 14.9. The van der Waals surface area contributed by atoms with E-state index in [-0.39, 0.29) is 0 Å². The highest BCUT2D eigenvalue weighted by Gasteiger charge is 2.07. The summed E-state index contributed by atoms with van der Waals surface area (Å²) in [6.45, 7) is 1.88. The third-order valence-electron chi connectivity index (χ3n) is 2.83. The molecule has 4 nitrogen and oxygen atoms in total. The average Bonchev–Trinajstić information content (AvgIpc) is 2.41. The van der Waals surface area contributed by atoms with E-state index in [1.807, 2.05) is 31.2 Å². The van der Waals surface area contributed by atoms with Crippen molar-refractivity contribution in [3.8, 4) is 12.1 Å². The fourth-order valence-electron chi connectivity index (χ4n) is 1.81. The standard InChI is InChI=1S/C15H12N4/c1-10-3-2-4-14(12(10)9-17)19-15-6-5-11(8-16)7-13(15)18/h2-7,19H,18H2,1H3. The first-order valence-corrected chi connectivity index (χ1v) is 5.72. The molecule has 0 radical (unpaired) electrons. The van der Waals surface area contributed by atoms with Crippen molar-refractivity contribution in [3.63, 3.8) is 0 Å². The van der Waals surface area contributed by atoms with Crippen LogP contribution in [-0.2, 0) is 0 Å². The highest BCUT2D eigenvalue weighted by Crippen LogP contribution is 2.27. The molecule has 0 saturated carbocycles. The molecule has 0 atom stereocenters. The molecule has 19 heavy (non-hydrogen) atoms. The number of nitrogen functional groups attached to an aromatic ring is 1. The smallest absolute Gasteiger partial charge is 0.102 e. The van der Waals surface area contributed by atoms with Crippen LogP contribution >= 0.6 is 0 Å². The van der Waals surface area contributed by atoms with Crippen LogP contribution in [0.1, 0.15) is 16.7 Å². The Morgan fingerprint density at radius 3 is 2.47 bits per heavy atom. The van der Waals surface area contributed by atoms with Gasteiger partial charge in [0, 0.05) is 0 Å². The molecular formula is C15H12N4. The van der Waals surface area contributed by atoms with Crippen molar-refractivity contribution in [2.24, 2.45) is 0 Å². The van der Waals surface area contributed by atoms with Gasteiger partial charge in [0.25, 0.3) is 0 Å². The van der Waals surface area contributed by atoms with Crippen molar-refractivity contribution in [2.75, 3.05) is 11.1 Å². The Morgan fingerprint density at radius 1 is 1.05 bits per heavy atom. The Bertz CT molecular complexity index is 705. The van der Waals surface area contributed by atoms with E-state index in [0.717, 1.165) is 5.56 Å². The van der Waals surface area contributed by atoms with Crippen molar-refractivity contribution in [3.05, 3.63) is 53.1 Å². The van der Waals surface area contributed by atoms with E-state index in [2.05, 4.69) is 11.4 Å². The van der Waals surface area contributed by atoms with Crippen LogP contribution in [0.3, 0.4) is 0 Å². The molecule has 0 aliphatic rings. The number of nitriles is 2. The van der Waals surface area contributed by atoms with Gasteiger partial charge in [0.1, 0.15) is 6.07 Å². The number of benzene rings is 2. The van der Waals surface area contributed by atoms with Crippen molar-refractivity contribution >= 4 is 17.1 Å². The normalized spacial score (nSPS) is 9.42. The minimum Gasteiger partial charge on any atom is -0.397 e. The lowest BCUT2D eigenvalue weighted by atomic mass is 10.1. The third-order valence-corrected chi connectivity index (χ3v) is 2.83. The van der Waals surface area contributed by atoms with Gasteiger partial charge in [0.15, 0.2) is 0 Å². The molecule has 4 heteroatoms. The van der Waals surface area contributed by atoms with Crippen LogP contribution < -0.4 is 11.1 Å². The first-order valence-electron chi connectivity index (χ1n) is 5.72. The van der Waals surface area contributed by atoms with Crippen molar-refractivity contribution in [2.45, 2.75) is 6.92 Å². The molecule has 0 amide bonds. The molecule has 0 fully saturated rings. The number of nitrogens with zero attached hydrogens (tertiary/aromatic N) is 2. The summed E-state index contributed by atoms with van der Waals surface area (Å²) in [6.07, 6.45) is 0. The fourth-order valence-corrected chi connectivity index (χ4v) is 1.81. The number of anilines is 3. The quantitative estimate of drug-likeness (QED) is 0.800. The van der Waals surface area contributed by atoms with Gasteiger partial charge in [-0.05, 0) is 36.8 Å². The van der Waals surface area contributed by atoms with E-state index >= 15 is 0 Å². The van der Waals surface area contributed by atoms with Crippen LogP contribution in [-0.4, -0.2) is 0 Å². The van der Waals surface area contributed by atoms with Gasteiger partial charge >= 0.3 is 0 Å². The number of hydrogen-bond acceptors (Lipinski definition) is 4. The van der Waals surface area contributed by atoms with Crippen molar-refractivity contribution in [1.29, 1.82) is 10.5 Å². The summed E-state index contributed by atoms with van der Waals surface area (Å²) in [6, 6.07) is 14.8. The van der Waals surface area contributed by atoms with Crippen LogP contribution in [0.4, 0.5) is 17.1 Å². The largest absolute Gasteiger partial charge is 0.397 e. The number of nitrogens with two attached hydrogens (primary N) is 1. The fraction of sp³-hybridized carbons (Fsp3) is 0.0667. The van der Waals surface area contributed by atoms with Gasteiger partial charge in [-0.1, -0.05) is 12.1 Å². The maximum absolute atomic E-state index is 9.16. The number of hydrogen-bond donors (Lipinski definition) is 2. The second-order valence-corrected chi connectivity index (χ2v) is 4.15. The van der Waals surface area contributed by atoms with Gasteiger partial charge in [0.05, 0.1) is 34.3 Å². The molecule has 0 bridgehead atoms. The summed E-state index contributed by atoms with van der Waals surface area (Å²) in [5.41, 5.74) is 9.74. The Hall–Kier alpha value is -2.98. The van der Waals surface area contributed by atoms with Gasteiger partial charge in [-0.15, -0.1) is 0 Å². The maximum Gasteiger partial charge on any atom is 0.102 e. The van der Waals surface area contributed by atoms with Gasteiger partial charge in [-0.3, -0.25) is 0 Å². The first kappa shape index (κ1) is 12.5. The third kappa shape index (κ3) is 2.48. The molecule has 0 aliphatic heterocycles. The van der Waals surface area contributed by atoms with Gasteiger partial charge in [-0.2, -0.15) is 10.5 Å². The lowest BCUT2D eigenvalue weighted by Crippen LogP contribution is -1.99. The van der Waals surface area contributed by atoms with Crippen molar-refractivity contribution < 1.29 is 0 Å². The van der Waals surface area contributed by atoms with E-state index in [4.69, 9.17) is 16.3 Å². The average molecular weight is 248 g/mol. The lowest BCUT2D eigenvalue weighted by Gasteiger charge is -2.12. The Morgan fingerprint density at radius 2 is 1.84 bits per heavy atom. The van der Waals surface area contributed by atoms with Crippen LogP contribution in [0.25, 0.3) is 0 Å². The molecule has 2 aromatic rings. The van der Waals surface area contributed by atoms with Crippen LogP contribution in [0.5, 0.6) is 0 Å². The maximum atomic E-state index is 9.16. The number of aryl methyl sites for hydroxylation is 1. The van der Waals surface area contributed by atoms with E-state index < -0.39 is 0 Å². The summed E-state index contributed by atoms with van der Waals surface area (Å²) >= 11 is 0. The minimum atomic E-state index is 0.476. The van der Waals surface area contributed by atoms with Crippen LogP contribution in [0.15, 0.2) is 36.4 Å². The minimum absolute atomic E-state index is 0.476. The summed E-state index contributed by atoms with van der Waals surface area (Å²) < 4.78 is 0. The number of nitrogens with one attached hydrogen (secondary N) is 1. The lowest BCUT2D eigenvalue weighted by molar-refractivity contribution is 1.38. The molecule has 3 N–H and O–H groups in total. The molecule has 0 aromatic heterocycles. The molecule has 2 aromatic carbocycles. The molecule has 0 saturated heterocycles. The summed E-state index contributed by atoms with van der Waals surface area (Å²) in [7, 11) is 0. The van der Waals surface area contributed by atoms with E-state index in [9.17, 15) is 0 Å². The summed E-state index contributed by atoms with van der Waals surface area (Å²) in [4.78, 5) is 0. The predicted octanol–water partition coefficient (Wildman–Crippen LogP) is 3.06. The Balaban J connectivity index is 2.41. The van der Waals surface area contributed by atoms with Gasteiger partial charge in [-0.25, -0.2) is 0 Å². The monoisotopic (exact) mass is 248 g/mol. The number of rotatable bonds is 2. The molecule has 2 rings (SSSR count). The van der Waals surface area contributed by atoms with Gasteiger partial charge in [0.2, 0.25) is 0 Å². The molecule has 0 unspecified atom stereocenters. The van der Waals surface area contributed by atoms with Crippen LogP contribution in [0, 0.1) is 29.6 Å². The molecule has 92 valence electrons. The van der Waals surface area contributed by atoms with E-state index in [1.54, 1.807) is 18.2 Å². The first-order chi connectivity index (χ1) is 9.15. The molecule has 0 heterocycles. The summed E-state index contributed by atoms with van der Waals surface area (Å²) in [5, 5.41) is 21.1. The van der Waals surface area contributed by atoms with Crippen molar-refractivity contribution in [1.82, 2.24) is 0 Å². The zero-order valence-corrected chi connectivity index (χ0v) is 10.4. The SMILES string of the molecule is Cc1cccc(Nc2ccc(C#N)cc2N)c1C#N. The van der Waals surface area contributed by atoms with E-state index in [1.165, 1.54) is 0 Å². The predicted molar refractivity (Wildman–Crippen MR) is 74.7 cm³/mol. The zero-order chi connectivity index (χ0) is 13.8. The van der Waals surface area contributed by atoms with E-state index in [0.29, 0.717) is 28.2 Å².